The van der Waals surface area contributed by atoms with Crippen molar-refractivity contribution in [3.05, 3.63) is 82.4 Å². The molecule has 2 aromatic carbocycles. The molecule has 0 radical (unpaired) electrons. The van der Waals surface area contributed by atoms with Gasteiger partial charge in [0.05, 0.1) is 12.7 Å². The van der Waals surface area contributed by atoms with Gasteiger partial charge in [-0.2, -0.15) is 18.9 Å². The Hall–Kier alpha value is -4.21. The normalized spacial score (nSPS) is 22.4. The van der Waals surface area contributed by atoms with Gasteiger partial charge >= 0.3 is 25.3 Å². The molecule has 5 rings (SSSR count). The van der Waals surface area contributed by atoms with Crippen LogP contribution in [-0.4, -0.2) is 69.0 Å². The van der Waals surface area contributed by atoms with Gasteiger partial charge in [-0.1, -0.05) is 24.3 Å². The van der Waals surface area contributed by atoms with Crippen LogP contribution in [0.2, 0.25) is 0 Å². The summed E-state index contributed by atoms with van der Waals surface area (Å²) < 4.78 is 72.1. The Morgan fingerprint density at radius 1 is 1.14 bits per heavy atom. The van der Waals surface area contributed by atoms with E-state index in [-0.39, 0.29) is 17.1 Å². The fraction of sp³-hybridized carbons (Fsp3) is 0.438. The number of amides is 1. The third-order valence-corrected chi connectivity index (χ3v) is 9.11. The Morgan fingerprint density at radius 2 is 1.86 bits per heavy atom. The fourth-order valence-corrected chi connectivity index (χ4v) is 6.69. The van der Waals surface area contributed by atoms with E-state index in [1.165, 1.54) is 19.1 Å². The molecule has 2 aliphatic rings. The van der Waals surface area contributed by atoms with Gasteiger partial charge < -0.3 is 29.2 Å². The van der Waals surface area contributed by atoms with Crippen molar-refractivity contribution in [1.82, 2.24) is 14.6 Å². The third kappa shape index (κ3) is 8.33. The Balaban J connectivity index is 1.28. The number of para-hydroxylation sites is 1. The van der Waals surface area contributed by atoms with Crippen molar-refractivity contribution in [2.24, 2.45) is 0 Å². The molecule has 0 saturated carbocycles. The van der Waals surface area contributed by atoms with Crippen molar-refractivity contribution in [2.75, 3.05) is 11.9 Å². The van der Waals surface area contributed by atoms with Crippen LogP contribution in [0.5, 0.6) is 11.5 Å². The molecule has 14 nitrogen and oxygen atoms in total. The maximum atomic E-state index is 15.3. The fourth-order valence-electron chi connectivity index (χ4n) is 5.19. The van der Waals surface area contributed by atoms with Gasteiger partial charge in [0.2, 0.25) is 6.23 Å². The summed E-state index contributed by atoms with van der Waals surface area (Å²) in [6.07, 6.45) is -5.56. The van der Waals surface area contributed by atoms with E-state index in [2.05, 4.69) is 15.4 Å². The lowest BCUT2D eigenvalue weighted by atomic mass is 10.0. The van der Waals surface area contributed by atoms with E-state index >= 15 is 8.78 Å². The minimum Gasteiger partial charge on any atom is -0.487 e. The molecule has 3 heterocycles. The smallest absolute Gasteiger partial charge is 0.459 e. The lowest BCUT2D eigenvalue weighted by Crippen LogP contribution is -2.42. The largest absolute Gasteiger partial charge is 0.487 e. The maximum absolute atomic E-state index is 15.3. The van der Waals surface area contributed by atoms with Gasteiger partial charge in [-0.15, -0.1) is 0 Å². The number of halogens is 2. The van der Waals surface area contributed by atoms with E-state index in [9.17, 15) is 24.1 Å². The minimum atomic E-state index is -4.49. The Labute approximate surface area is 280 Å². The van der Waals surface area contributed by atoms with Crippen molar-refractivity contribution < 1.29 is 51.3 Å². The second-order valence-corrected chi connectivity index (χ2v) is 14.2. The standard InChI is InChI=1S/C32H37F2N4O10P/c1-18(2)45-28(41)19(3)37-49(43,48-22-9-7-6-8-10-22)44-17-24-26(39)32(33,34)29(46-24)38-14-13-25(36-30(38)42)35-27(40)20-11-12-21-16-31(4,5)47-23(21)15-20/h6-15,18-19,24,26,29,39H,16-17H2,1-5H3,(H,37,43)(H,35,36,40,42)/t19-,24-,26-,29?,49?/m1/s1. The second-order valence-electron chi connectivity index (χ2n) is 12.5. The summed E-state index contributed by atoms with van der Waals surface area (Å²) in [5.41, 5.74) is -0.462. The molecule has 5 atom stereocenters. The number of benzene rings is 2. The molecule has 0 spiro atoms. The summed E-state index contributed by atoms with van der Waals surface area (Å²) in [6, 6.07) is 12.5. The Bertz CT molecular complexity index is 1810. The van der Waals surface area contributed by atoms with E-state index in [1.54, 1.807) is 50.2 Å². The van der Waals surface area contributed by atoms with Crippen molar-refractivity contribution in [1.29, 1.82) is 0 Å². The Kier molecular flexibility index (Phi) is 10.3. The first kappa shape index (κ1) is 36.1. The summed E-state index contributed by atoms with van der Waals surface area (Å²) in [5, 5.41) is 15.4. The lowest BCUT2D eigenvalue weighted by molar-refractivity contribution is -0.149. The van der Waals surface area contributed by atoms with E-state index in [1.807, 2.05) is 13.8 Å². The average Bonchev–Trinajstić information content (AvgIpc) is 3.45. The van der Waals surface area contributed by atoms with Gasteiger partial charge in [-0.05, 0) is 70.5 Å². The Morgan fingerprint density at radius 3 is 2.53 bits per heavy atom. The molecule has 3 N–H and O–H groups in total. The highest BCUT2D eigenvalue weighted by Gasteiger charge is 2.60. The van der Waals surface area contributed by atoms with Gasteiger partial charge in [0.1, 0.15) is 35.1 Å². The van der Waals surface area contributed by atoms with Crippen LogP contribution in [0.15, 0.2) is 65.6 Å². The monoisotopic (exact) mass is 706 g/mol. The summed E-state index contributed by atoms with van der Waals surface area (Å²) in [7, 11) is -4.49. The molecule has 1 saturated heterocycles. The average molecular weight is 707 g/mol. The number of anilines is 1. The molecule has 0 bridgehead atoms. The van der Waals surface area contributed by atoms with Crippen molar-refractivity contribution >= 4 is 25.4 Å². The molecule has 0 aliphatic carbocycles. The molecule has 1 aromatic heterocycles. The number of alkyl halides is 2. The maximum Gasteiger partial charge on any atom is 0.459 e. The number of hydrogen-bond donors (Lipinski definition) is 3. The quantitative estimate of drug-likeness (QED) is 0.181. The molecule has 49 heavy (non-hydrogen) atoms. The van der Waals surface area contributed by atoms with Gasteiger partial charge in [0.25, 0.3) is 5.91 Å². The van der Waals surface area contributed by atoms with Gasteiger partial charge in [0, 0.05) is 18.2 Å². The first-order valence-corrected chi connectivity index (χ1v) is 16.9. The highest BCUT2D eigenvalue weighted by Crippen LogP contribution is 2.48. The summed E-state index contributed by atoms with van der Waals surface area (Å²) in [6.45, 7) is 7.51. The molecule has 1 amide bonds. The molecule has 1 fully saturated rings. The second kappa shape index (κ2) is 14.0. The molecule has 264 valence electrons. The van der Waals surface area contributed by atoms with Crippen LogP contribution in [0.3, 0.4) is 0 Å². The molecule has 17 heteroatoms. The zero-order chi connectivity index (χ0) is 35.7. The number of rotatable bonds is 12. The van der Waals surface area contributed by atoms with Crippen molar-refractivity contribution in [3.63, 3.8) is 0 Å². The van der Waals surface area contributed by atoms with E-state index < -0.39 is 74.0 Å². The number of ether oxygens (including phenoxy) is 3. The third-order valence-electron chi connectivity index (χ3n) is 7.47. The minimum absolute atomic E-state index is 0.0668. The van der Waals surface area contributed by atoms with Crippen molar-refractivity contribution in [3.8, 4) is 11.5 Å². The van der Waals surface area contributed by atoms with E-state index in [0.29, 0.717) is 16.7 Å². The van der Waals surface area contributed by atoms with E-state index in [4.69, 9.17) is 23.3 Å². The van der Waals surface area contributed by atoms with Crippen molar-refractivity contribution in [2.45, 2.75) is 83.1 Å². The number of nitrogens with zero attached hydrogens (tertiary/aromatic N) is 2. The molecule has 2 aliphatic heterocycles. The number of hydrogen-bond acceptors (Lipinski definition) is 11. The van der Waals surface area contributed by atoms with Crippen LogP contribution in [0, 0.1) is 0 Å². The number of aromatic nitrogens is 2. The molecular weight excluding hydrogens is 669 g/mol. The highest BCUT2D eigenvalue weighted by atomic mass is 31.2. The highest BCUT2D eigenvalue weighted by molar-refractivity contribution is 7.52. The summed E-state index contributed by atoms with van der Waals surface area (Å²) in [4.78, 5) is 41.8. The van der Waals surface area contributed by atoms with Crippen LogP contribution in [0.25, 0.3) is 0 Å². The predicted molar refractivity (Wildman–Crippen MR) is 171 cm³/mol. The van der Waals surface area contributed by atoms with Gasteiger partial charge in [0.15, 0.2) is 6.10 Å². The number of nitrogens with one attached hydrogen (secondary N) is 2. The first-order valence-electron chi connectivity index (χ1n) is 15.4. The lowest BCUT2D eigenvalue weighted by Gasteiger charge is -2.25. The van der Waals surface area contributed by atoms with Crippen LogP contribution in [0.1, 0.15) is 56.8 Å². The SMILES string of the molecule is CC(C)OC(=O)[C@@H](C)NP(=O)(OC[C@H]1OC(n2ccc(NC(=O)c3ccc4c(c3)OC(C)(C)C4)nc2=O)C(F)(F)[C@@H]1O)Oc1ccccc1. The van der Waals surface area contributed by atoms with Gasteiger partial charge in [-0.3, -0.25) is 18.7 Å². The van der Waals surface area contributed by atoms with Crippen LogP contribution >= 0.6 is 7.75 Å². The number of carbonyl (C=O) groups is 2. The number of aliphatic hydroxyl groups excluding tert-OH is 1. The van der Waals surface area contributed by atoms with E-state index in [0.717, 1.165) is 17.8 Å². The van der Waals surface area contributed by atoms with Crippen LogP contribution < -0.4 is 25.4 Å². The molecule has 3 aromatic rings. The topological polar surface area (TPSA) is 177 Å². The predicted octanol–water partition coefficient (Wildman–Crippen LogP) is 4.24. The van der Waals surface area contributed by atoms with Crippen LogP contribution in [-0.2, 0) is 29.8 Å². The first-order chi connectivity index (χ1) is 23.0. The zero-order valence-corrected chi connectivity index (χ0v) is 28.2. The number of fused-ring (bicyclic) bond motifs is 1. The van der Waals surface area contributed by atoms with Gasteiger partial charge in [-0.25, -0.2) is 9.36 Å². The molecular formula is C32H37F2N4O10P. The summed E-state index contributed by atoms with van der Waals surface area (Å²) >= 11 is 0. The number of esters is 1. The zero-order valence-electron chi connectivity index (χ0n) is 27.3. The molecule has 2 unspecified atom stereocenters. The number of carbonyl (C=O) groups excluding carboxylic acids is 2. The van der Waals surface area contributed by atoms with Crippen LogP contribution in [0.4, 0.5) is 14.6 Å². The summed E-state index contributed by atoms with van der Waals surface area (Å²) in [5.74, 6) is -5.04. The number of aliphatic hydroxyl groups is 1.